The van der Waals surface area contributed by atoms with Gasteiger partial charge in [-0.05, 0) is 44.0 Å². The number of hydrogen-bond donors (Lipinski definition) is 0. The summed E-state index contributed by atoms with van der Waals surface area (Å²) in [5, 5.41) is 0.874. The van der Waals surface area contributed by atoms with E-state index in [9.17, 15) is 0 Å². The maximum Gasteiger partial charge on any atom is 0.147 e. The van der Waals surface area contributed by atoms with Crippen LogP contribution in [0.15, 0.2) is 30.5 Å². The third kappa shape index (κ3) is 7.46. The lowest BCUT2D eigenvalue weighted by Gasteiger charge is -1.93. The Morgan fingerprint density at radius 1 is 0.950 bits per heavy atom. The van der Waals surface area contributed by atoms with E-state index in [-0.39, 0.29) is 14.9 Å². The summed E-state index contributed by atoms with van der Waals surface area (Å²) in [7, 11) is 0. The van der Waals surface area contributed by atoms with Crippen LogP contribution in [0.5, 0.6) is 0 Å². The van der Waals surface area contributed by atoms with Crippen LogP contribution >= 0.6 is 23.2 Å². The zero-order valence-corrected chi connectivity index (χ0v) is 12.3. The molecule has 0 fully saturated rings. The van der Waals surface area contributed by atoms with Crippen molar-refractivity contribution in [1.29, 1.82) is 0 Å². The van der Waals surface area contributed by atoms with E-state index < -0.39 is 0 Å². The van der Waals surface area contributed by atoms with Crippen LogP contribution in [0.3, 0.4) is 0 Å². The maximum absolute atomic E-state index is 5.59. The van der Waals surface area contributed by atoms with Gasteiger partial charge in [0.15, 0.2) is 0 Å². The van der Waals surface area contributed by atoms with Crippen molar-refractivity contribution in [3.8, 4) is 0 Å². The number of halogens is 2. The minimum Gasteiger partial charge on any atom is -0.261 e. The zero-order valence-electron chi connectivity index (χ0n) is 10.7. The van der Waals surface area contributed by atoms with Crippen LogP contribution in [0.1, 0.15) is 38.7 Å². The van der Waals surface area contributed by atoms with Crippen molar-refractivity contribution in [2.75, 3.05) is 0 Å². The van der Waals surface area contributed by atoms with Crippen molar-refractivity contribution in [2.45, 2.75) is 42.0 Å². The fourth-order valence-electron chi connectivity index (χ4n) is 1.22. The van der Waals surface area contributed by atoms with E-state index >= 15 is 0 Å². The van der Waals surface area contributed by atoms with Crippen molar-refractivity contribution in [2.24, 2.45) is 0 Å². The number of pyridine rings is 2. The summed E-state index contributed by atoms with van der Waals surface area (Å²) in [6, 6.07) is 7.70. The molecule has 0 radical (unpaired) electrons. The van der Waals surface area contributed by atoms with E-state index in [1.807, 2.05) is 32.2 Å². The smallest absolute Gasteiger partial charge is 0.147 e. The van der Waals surface area contributed by atoms with Crippen LogP contribution in [-0.4, -0.2) is 9.97 Å². The van der Waals surface area contributed by atoms with E-state index in [0.29, 0.717) is 10.2 Å². The van der Waals surface area contributed by atoms with Gasteiger partial charge in [-0.25, -0.2) is 4.98 Å². The SMILES string of the molecule is C.C.CCc1ccc(C)nc1.Cc1ccc(Cl)c(Cl)n1. The molecular weight excluding hydrogens is 291 g/mol. The van der Waals surface area contributed by atoms with Crippen molar-refractivity contribution in [3.63, 3.8) is 0 Å². The first kappa shape index (κ1) is 21.2. The largest absolute Gasteiger partial charge is 0.261 e. The number of nitrogens with zero attached hydrogens (tertiary/aromatic N) is 2. The molecule has 0 bridgehead atoms. The van der Waals surface area contributed by atoms with Gasteiger partial charge in [0.05, 0.1) is 5.02 Å². The topological polar surface area (TPSA) is 25.8 Å². The van der Waals surface area contributed by atoms with Crippen LogP contribution in [0.4, 0.5) is 0 Å². The molecule has 0 atom stereocenters. The Hall–Kier alpha value is -1.12. The van der Waals surface area contributed by atoms with Gasteiger partial charge in [0.25, 0.3) is 0 Å². The highest BCUT2D eigenvalue weighted by Crippen LogP contribution is 2.18. The first-order valence-corrected chi connectivity index (χ1v) is 6.48. The molecule has 20 heavy (non-hydrogen) atoms. The Morgan fingerprint density at radius 2 is 1.55 bits per heavy atom. The van der Waals surface area contributed by atoms with Gasteiger partial charge < -0.3 is 0 Å². The Morgan fingerprint density at radius 3 is 1.95 bits per heavy atom. The van der Waals surface area contributed by atoms with E-state index in [2.05, 4.69) is 23.0 Å². The highest BCUT2D eigenvalue weighted by Gasteiger charge is 1.95. The zero-order chi connectivity index (χ0) is 13.5. The van der Waals surface area contributed by atoms with Crippen molar-refractivity contribution in [1.82, 2.24) is 9.97 Å². The van der Waals surface area contributed by atoms with Crippen LogP contribution in [0.25, 0.3) is 0 Å². The number of rotatable bonds is 1. The molecule has 2 heterocycles. The summed E-state index contributed by atoms with van der Waals surface area (Å²) in [5.41, 5.74) is 3.28. The summed E-state index contributed by atoms with van der Waals surface area (Å²) in [6.07, 6.45) is 3.00. The second kappa shape index (κ2) is 10.6. The number of aromatic nitrogens is 2. The summed E-state index contributed by atoms with van der Waals surface area (Å²) in [6.45, 7) is 5.99. The number of aryl methyl sites for hydroxylation is 3. The molecule has 0 spiro atoms. The molecule has 0 aliphatic heterocycles. The van der Waals surface area contributed by atoms with Gasteiger partial charge in [0.1, 0.15) is 5.15 Å². The molecule has 2 aromatic heterocycles. The molecule has 2 rings (SSSR count). The van der Waals surface area contributed by atoms with Gasteiger partial charge in [-0.2, -0.15) is 0 Å². The molecule has 0 unspecified atom stereocenters. The second-order valence-corrected chi connectivity index (χ2v) is 4.65. The summed E-state index contributed by atoms with van der Waals surface area (Å²) in [4.78, 5) is 8.06. The van der Waals surface area contributed by atoms with Crippen LogP contribution in [0, 0.1) is 13.8 Å². The third-order valence-electron chi connectivity index (χ3n) is 2.32. The lowest BCUT2D eigenvalue weighted by molar-refractivity contribution is 1.08. The van der Waals surface area contributed by atoms with Gasteiger partial charge in [-0.3, -0.25) is 4.98 Å². The molecule has 2 aromatic rings. The van der Waals surface area contributed by atoms with Gasteiger partial charge in [0, 0.05) is 17.6 Å². The second-order valence-electron chi connectivity index (χ2n) is 3.89. The Labute approximate surface area is 133 Å². The average molecular weight is 315 g/mol. The summed E-state index contributed by atoms with van der Waals surface area (Å²) >= 11 is 11.2. The molecule has 112 valence electrons. The predicted octanol–water partition coefficient (Wildman–Crippen LogP) is 5.92. The Bertz CT molecular complexity index is 496. The quantitative estimate of drug-likeness (QED) is 0.610. The molecule has 0 amide bonds. The number of hydrogen-bond acceptors (Lipinski definition) is 2. The molecule has 4 heteroatoms. The molecule has 0 saturated carbocycles. The highest BCUT2D eigenvalue weighted by atomic mass is 35.5. The normalized spacial score (nSPS) is 8.65. The fourth-order valence-corrected chi connectivity index (χ4v) is 1.52. The fraction of sp³-hybridized carbons (Fsp3) is 0.375. The lowest BCUT2D eigenvalue weighted by Crippen LogP contribution is -1.83. The van der Waals surface area contributed by atoms with E-state index in [4.69, 9.17) is 23.2 Å². The van der Waals surface area contributed by atoms with E-state index in [1.54, 1.807) is 6.07 Å². The van der Waals surface area contributed by atoms with Gasteiger partial charge in [0.2, 0.25) is 0 Å². The standard InChI is InChI=1S/C8H11N.C6H5Cl2N.2CH4/c1-3-8-5-4-7(2)9-6-8;1-4-2-3-5(7)6(8)9-4;;/h4-6H,3H2,1-2H3;2-3H,1H3;2*1H4. The van der Waals surface area contributed by atoms with Crippen molar-refractivity contribution in [3.05, 3.63) is 57.6 Å². The van der Waals surface area contributed by atoms with Gasteiger partial charge >= 0.3 is 0 Å². The van der Waals surface area contributed by atoms with E-state index in [1.165, 1.54) is 5.56 Å². The molecule has 0 saturated heterocycles. The molecule has 0 N–H and O–H groups in total. The van der Waals surface area contributed by atoms with Gasteiger partial charge in [-0.15, -0.1) is 0 Å². The van der Waals surface area contributed by atoms with Crippen LogP contribution < -0.4 is 0 Å². The third-order valence-corrected chi connectivity index (χ3v) is 3.01. The summed E-state index contributed by atoms with van der Waals surface area (Å²) < 4.78 is 0. The predicted molar refractivity (Wildman–Crippen MR) is 90.8 cm³/mol. The van der Waals surface area contributed by atoms with Crippen molar-refractivity contribution < 1.29 is 0 Å². The summed E-state index contributed by atoms with van der Waals surface area (Å²) in [5.74, 6) is 0. The van der Waals surface area contributed by atoms with Gasteiger partial charge in [-0.1, -0.05) is 51.0 Å². The van der Waals surface area contributed by atoms with Crippen LogP contribution in [-0.2, 0) is 6.42 Å². The average Bonchev–Trinajstić information content (AvgIpc) is 2.36. The monoisotopic (exact) mass is 314 g/mol. The Kier molecular flexibility index (Phi) is 11.3. The molecule has 0 aliphatic rings. The maximum atomic E-state index is 5.59. The minimum absolute atomic E-state index is 0. The molecular formula is C16H24Cl2N2. The first-order chi connectivity index (χ1) is 8.52. The Balaban J connectivity index is 0. The molecule has 2 nitrogen and oxygen atoms in total. The lowest BCUT2D eigenvalue weighted by atomic mass is 10.2. The van der Waals surface area contributed by atoms with E-state index in [0.717, 1.165) is 17.8 Å². The minimum atomic E-state index is 0. The highest BCUT2D eigenvalue weighted by molar-refractivity contribution is 6.41. The molecule has 0 aliphatic carbocycles. The van der Waals surface area contributed by atoms with Crippen molar-refractivity contribution >= 4 is 23.2 Å². The first-order valence-electron chi connectivity index (χ1n) is 5.73. The van der Waals surface area contributed by atoms with Crippen LogP contribution in [0.2, 0.25) is 10.2 Å². The molecule has 0 aromatic carbocycles.